The van der Waals surface area contributed by atoms with Gasteiger partial charge in [-0.2, -0.15) is 0 Å². The Hall–Kier alpha value is -2.34. The van der Waals surface area contributed by atoms with Crippen molar-refractivity contribution in [1.29, 1.82) is 0 Å². The molecule has 2 heterocycles. The van der Waals surface area contributed by atoms with Gasteiger partial charge in [-0.25, -0.2) is 15.0 Å². The predicted molar refractivity (Wildman–Crippen MR) is 105 cm³/mol. The molecule has 130 valence electrons. The normalized spacial score (nSPS) is 11.0. The summed E-state index contributed by atoms with van der Waals surface area (Å²) in [5.74, 6) is 1.28. The largest absolute Gasteiger partial charge is 0.338 e. The van der Waals surface area contributed by atoms with E-state index in [0.717, 1.165) is 11.3 Å². The van der Waals surface area contributed by atoms with Gasteiger partial charge in [-0.1, -0.05) is 46.9 Å². The molecule has 1 N–H and O–H groups in total. The average Bonchev–Trinajstić information content (AvgIpc) is 3.10. The van der Waals surface area contributed by atoms with Gasteiger partial charge in [-0.3, -0.25) is 0 Å². The van der Waals surface area contributed by atoms with Gasteiger partial charge in [0, 0.05) is 26.3 Å². The molecule has 0 amide bonds. The minimum atomic E-state index is 0.443. The van der Waals surface area contributed by atoms with E-state index in [1.54, 1.807) is 18.5 Å². The Kier molecular flexibility index (Phi) is 4.68. The van der Waals surface area contributed by atoms with Crippen molar-refractivity contribution in [3.05, 3.63) is 75.8 Å². The van der Waals surface area contributed by atoms with E-state index in [1.807, 2.05) is 34.9 Å². The molecule has 2 aromatic carbocycles. The van der Waals surface area contributed by atoms with E-state index in [0.29, 0.717) is 38.9 Å². The van der Waals surface area contributed by atoms with Crippen LogP contribution in [-0.4, -0.2) is 19.5 Å². The first-order chi connectivity index (χ1) is 12.6. The average molecular weight is 405 g/mol. The number of anilines is 2. The molecule has 0 saturated heterocycles. The summed E-state index contributed by atoms with van der Waals surface area (Å²) in [5.41, 5.74) is 2.28. The fraction of sp³-hybridized carbons (Fsp3) is 0.0556. The second kappa shape index (κ2) is 7.11. The number of rotatable bonds is 4. The summed E-state index contributed by atoms with van der Waals surface area (Å²) in [6.45, 7) is 0.443. The number of fused-ring (bicyclic) bond motifs is 1. The zero-order valence-electron chi connectivity index (χ0n) is 13.3. The van der Waals surface area contributed by atoms with Crippen LogP contribution in [0.1, 0.15) is 5.56 Å². The van der Waals surface area contributed by atoms with Crippen molar-refractivity contribution in [2.24, 2.45) is 0 Å². The molecular formula is C18H12Cl3N5. The Bertz CT molecular complexity index is 1030. The second-order valence-corrected chi connectivity index (χ2v) is 6.85. The maximum absolute atomic E-state index is 6.28. The van der Waals surface area contributed by atoms with E-state index < -0.39 is 0 Å². The lowest BCUT2D eigenvalue weighted by Crippen LogP contribution is -2.10. The second-order valence-electron chi connectivity index (χ2n) is 5.60. The summed E-state index contributed by atoms with van der Waals surface area (Å²) in [7, 11) is 0. The zero-order valence-corrected chi connectivity index (χ0v) is 15.6. The smallest absolute Gasteiger partial charge is 0.165 e. The number of imidazole rings is 1. The first-order valence-electron chi connectivity index (χ1n) is 7.73. The molecule has 26 heavy (non-hydrogen) atoms. The topological polar surface area (TPSA) is 55.6 Å². The third-order valence-electron chi connectivity index (χ3n) is 3.88. The van der Waals surface area contributed by atoms with E-state index >= 15 is 0 Å². The maximum Gasteiger partial charge on any atom is 0.165 e. The number of halogens is 3. The number of nitrogens with zero attached hydrogens (tertiary/aromatic N) is 4. The van der Waals surface area contributed by atoms with Crippen molar-refractivity contribution in [2.45, 2.75) is 6.54 Å². The molecular weight excluding hydrogens is 393 g/mol. The van der Waals surface area contributed by atoms with Crippen molar-refractivity contribution < 1.29 is 0 Å². The SMILES string of the molecule is Clc1cccc(Nc2ncn(Cc3c(Cl)cccc3Cl)c3ncnc2-3)c1. The number of hydrogen-bond acceptors (Lipinski definition) is 4. The highest BCUT2D eigenvalue weighted by atomic mass is 35.5. The summed E-state index contributed by atoms with van der Waals surface area (Å²) >= 11 is 18.6. The summed E-state index contributed by atoms with van der Waals surface area (Å²) < 4.78 is 1.86. The van der Waals surface area contributed by atoms with Gasteiger partial charge in [0.1, 0.15) is 6.33 Å². The van der Waals surface area contributed by atoms with Crippen LogP contribution in [0.25, 0.3) is 11.5 Å². The molecule has 0 atom stereocenters. The van der Waals surface area contributed by atoms with Gasteiger partial charge in [-0.05, 0) is 30.3 Å². The predicted octanol–water partition coefficient (Wildman–Crippen LogP) is 5.53. The molecule has 0 fully saturated rings. The van der Waals surface area contributed by atoms with Gasteiger partial charge >= 0.3 is 0 Å². The standard InChI is InChI=1S/C18H12Cl3N5/c19-11-3-1-4-12(7-11)25-17-16-18(23-9-22-16)26(10-24-17)8-13-14(20)5-2-6-15(13)21/h1-7,9-10,25H,8H2. The quantitative estimate of drug-likeness (QED) is 0.486. The van der Waals surface area contributed by atoms with Crippen molar-refractivity contribution >= 4 is 46.3 Å². The molecule has 0 bridgehead atoms. The fourth-order valence-electron chi connectivity index (χ4n) is 2.64. The lowest BCUT2D eigenvalue weighted by atomic mass is 10.2. The van der Waals surface area contributed by atoms with Crippen LogP contribution < -0.4 is 5.32 Å². The van der Waals surface area contributed by atoms with E-state index in [2.05, 4.69) is 20.3 Å². The van der Waals surface area contributed by atoms with Crippen LogP contribution in [0.4, 0.5) is 11.5 Å². The van der Waals surface area contributed by atoms with E-state index in [4.69, 9.17) is 34.8 Å². The van der Waals surface area contributed by atoms with Crippen LogP contribution in [0.5, 0.6) is 0 Å². The van der Waals surface area contributed by atoms with Gasteiger partial charge in [0.2, 0.25) is 0 Å². The molecule has 2 aliphatic rings. The number of aromatic nitrogens is 4. The van der Waals surface area contributed by atoms with Crippen molar-refractivity contribution in [1.82, 2.24) is 19.5 Å². The zero-order chi connectivity index (χ0) is 18.1. The maximum atomic E-state index is 6.28. The van der Waals surface area contributed by atoms with Crippen molar-refractivity contribution in [2.75, 3.05) is 5.32 Å². The van der Waals surface area contributed by atoms with Crippen molar-refractivity contribution in [3.63, 3.8) is 0 Å². The first kappa shape index (κ1) is 17.1. The molecule has 0 saturated carbocycles. The van der Waals surface area contributed by atoms with Gasteiger partial charge in [0.05, 0.1) is 12.9 Å². The Morgan fingerprint density at radius 1 is 0.923 bits per heavy atom. The minimum absolute atomic E-state index is 0.443. The number of hydrogen-bond donors (Lipinski definition) is 1. The Morgan fingerprint density at radius 2 is 1.69 bits per heavy atom. The van der Waals surface area contributed by atoms with E-state index in [-0.39, 0.29) is 0 Å². The highest BCUT2D eigenvalue weighted by Gasteiger charge is 2.18. The minimum Gasteiger partial charge on any atom is -0.338 e. The molecule has 2 aliphatic heterocycles. The van der Waals surface area contributed by atoms with Crippen LogP contribution in [0.3, 0.4) is 0 Å². The molecule has 0 radical (unpaired) electrons. The van der Waals surface area contributed by atoms with E-state index in [9.17, 15) is 0 Å². The van der Waals surface area contributed by atoms with Gasteiger partial charge in [-0.15, -0.1) is 0 Å². The molecule has 0 aromatic heterocycles. The van der Waals surface area contributed by atoms with Crippen LogP contribution in [-0.2, 0) is 6.54 Å². The first-order valence-corrected chi connectivity index (χ1v) is 8.86. The molecule has 0 unspecified atom stereocenters. The third-order valence-corrected chi connectivity index (χ3v) is 4.82. The highest BCUT2D eigenvalue weighted by molar-refractivity contribution is 6.36. The van der Waals surface area contributed by atoms with E-state index in [1.165, 1.54) is 6.33 Å². The Labute approximate surface area is 164 Å². The molecule has 8 heteroatoms. The molecule has 2 aromatic rings. The Morgan fingerprint density at radius 3 is 2.46 bits per heavy atom. The number of benzene rings is 2. The van der Waals surface area contributed by atoms with Gasteiger partial charge in [0.15, 0.2) is 17.3 Å². The van der Waals surface area contributed by atoms with Crippen molar-refractivity contribution in [3.8, 4) is 11.5 Å². The van der Waals surface area contributed by atoms with Crippen LogP contribution in [0.15, 0.2) is 55.1 Å². The molecule has 0 aliphatic carbocycles. The monoisotopic (exact) mass is 403 g/mol. The molecule has 0 spiro atoms. The molecule has 4 rings (SSSR count). The van der Waals surface area contributed by atoms with Gasteiger partial charge < -0.3 is 9.88 Å². The van der Waals surface area contributed by atoms with Crippen LogP contribution >= 0.6 is 34.8 Å². The lowest BCUT2D eigenvalue weighted by molar-refractivity contribution is 0.762. The fourth-order valence-corrected chi connectivity index (χ4v) is 3.35. The highest BCUT2D eigenvalue weighted by Crippen LogP contribution is 2.30. The Balaban J connectivity index is 1.70. The summed E-state index contributed by atoms with van der Waals surface area (Å²) in [5, 5.41) is 5.05. The summed E-state index contributed by atoms with van der Waals surface area (Å²) in [6.07, 6.45) is 3.18. The molecule has 5 nitrogen and oxygen atoms in total. The lowest BCUT2D eigenvalue weighted by Gasteiger charge is -2.15. The van der Waals surface area contributed by atoms with Gasteiger partial charge in [0.25, 0.3) is 0 Å². The summed E-state index contributed by atoms with van der Waals surface area (Å²) in [4.78, 5) is 13.2. The van der Waals surface area contributed by atoms with Crippen LogP contribution in [0.2, 0.25) is 15.1 Å². The summed E-state index contributed by atoms with van der Waals surface area (Å²) in [6, 6.07) is 12.8. The third kappa shape index (κ3) is 3.33. The number of nitrogens with one attached hydrogen (secondary N) is 1. The van der Waals surface area contributed by atoms with Crippen LogP contribution in [0, 0.1) is 0 Å².